The Bertz CT molecular complexity index is 649. The molecular weight excluding hydrogens is 325 g/mol. The topological polar surface area (TPSA) is 42.0 Å². The highest BCUT2D eigenvalue weighted by Gasteiger charge is 2.16. The van der Waals surface area contributed by atoms with E-state index >= 15 is 0 Å². The van der Waals surface area contributed by atoms with Crippen LogP contribution in [0.3, 0.4) is 0 Å². The van der Waals surface area contributed by atoms with Gasteiger partial charge in [-0.2, -0.15) is 0 Å². The van der Waals surface area contributed by atoms with Crippen LogP contribution in [0.1, 0.15) is 10.4 Å². The quantitative estimate of drug-likeness (QED) is 0.676. The third-order valence-corrected chi connectivity index (χ3v) is 2.71. The lowest BCUT2D eigenvalue weighted by molar-refractivity contribution is 0.102. The minimum atomic E-state index is -1.63. The molecule has 0 atom stereocenters. The second-order valence-corrected chi connectivity index (χ2v) is 4.36. The third kappa shape index (κ3) is 2.93. The van der Waals surface area contributed by atoms with Gasteiger partial charge in [0.25, 0.3) is 5.91 Å². The normalized spacial score (nSPS) is 10.3. The molecule has 1 aromatic heterocycles. The van der Waals surface area contributed by atoms with Crippen molar-refractivity contribution >= 4 is 27.5 Å². The molecule has 0 aliphatic heterocycles. The molecule has 7 heteroatoms. The minimum Gasteiger partial charge on any atom is -0.319 e. The van der Waals surface area contributed by atoms with Gasteiger partial charge in [0, 0.05) is 11.8 Å². The van der Waals surface area contributed by atoms with E-state index in [4.69, 9.17) is 0 Å². The van der Waals surface area contributed by atoms with Crippen LogP contribution in [0.4, 0.5) is 18.9 Å². The van der Waals surface area contributed by atoms with E-state index in [1.54, 1.807) is 0 Å². The van der Waals surface area contributed by atoms with Gasteiger partial charge in [0.1, 0.15) is 4.60 Å². The first-order chi connectivity index (χ1) is 8.99. The van der Waals surface area contributed by atoms with E-state index in [2.05, 4.69) is 26.2 Å². The number of nitrogens with one attached hydrogen (secondary N) is 1. The molecule has 0 radical (unpaired) electrons. The van der Waals surface area contributed by atoms with Crippen LogP contribution in [-0.2, 0) is 0 Å². The van der Waals surface area contributed by atoms with Crippen LogP contribution < -0.4 is 5.32 Å². The fourth-order valence-electron chi connectivity index (χ4n) is 1.36. The molecule has 0 saturated heterocycles. The number of benzene rings is 1. The number of amides is 1. The summed E-state index contributed by atoms with van der Waals surface area (Å²) in [6.45, 7) is 0. The van der Waals surface area contributed by atoms with E-state index in [0.717, 1.165) is 12.1 Å². The van der Waals surface area contributed by atoms with Crippen LogP contribution in [0.2, 0.25) is 0 Å². The van der Waals surface area contributed by atoms with E-state index in [9.17, 15) is 18.0 Å². The molecule has 0 aliphatic carbocycles. The first-order valence-corrected chi connectivity index (χ1v) is 5.84. The molecule has 1 heterocycles. The van der Waals surface area contributed by atoms with Crippen LogP contribution in [0, 0.1) is 17.5 Å². The van der Waals surface area contributed by atoms with Gasteiger partial charge in [-0.3, -0.25) is 4.79 Å². The Morgan fingerprint density at radius 2 is 1.89 bits per heavy atom. The molecule has 0 aliphatic rings. The average molecular weight is 331 g/mol. The second-order valence-electron chi connectivity index (χ2n) is 3.54. The molecule has 3 nitrogen and oxygen atoms in total. The molecule has 0 bridgehead atoms. The summed E-state index contributed by atoms with van der Waals surface area (Å²) in [5.41, 5.74) is -0.233. The van der Waals surface area contributed by atoms with Crippen molar-refractivity contribution in [2.24, 2.45) is 0 Å². The monoisotopic (exact) mass is 330 g/mol. The van der Waals surface area contributed by atoms with E-state index < -0.39 is 29.0 Å². The molecular formula is C12H6BrF3N2O. The zero-order valence-electron chi connectivity index (χ0n) is 9.25. The highest BCUT2D eigenvalue weighted by Crippen LogP contribution is 2.20. The smallest absolute Gasteiger partial charge is 0.255 e. The van der Waals surface area contributed by atoms with Gasteiger partial charge in [0.05, 0.1) is 5.69 Å². The van der Waals surface area contributed by atoms with Crippen molar-refractivity contribution in [3.8, 4) is 0 Å². The number of carbonyl (C=O) groups excluding carboxylic acids is 1. The Hall–Kier alpha value is -1.89. The van der Waals surface area contributed by atoms with E-state index in [1.165, 1.54) is 18.3 Å². The van der Waals surface area contributed by atoms with Crippen molar-refractivity contribution in [3.05, 3.63) is 58.1 Å². The number of aromatic nitrogens is 1. The second kappa shape index (κ2) is 5.40. The van der Waals surface area contributed by atoms with Crippen molar-refractivity contribution in [3.63, 3.8) is 0 Å². The summed E-state index contributed by atoms with van der Waals surface area (Å²) in [5.74, 6) is -5.05. The van der Waals surface area contributed by atoms with Gasteiger partial charge in [-0.15, -0.1) is 0 Å². The van der Waals surface area contributed by atoms with Crippen molar-refractivity contribution in [1.29, 1.82) is 0 Å². The molecule has 1 amide bonds. The summed E-state index contributed by atoms with van der Waals surface area (Å²) in [7, 11) is 0. The molecule has 1 aromatic carbocycles. The summed E-state index contributed by atoms with van der Waals surface area (Å²) in [6.07, 6.45) is 1.38. The van der Waals surface area contributed by atoms with Crippen LogP contribution in [0.15, 0.2) is 35.1 Å². The number of carbonyl (C=O) groups is 1. The summed E-state index contributed by atoms with van der Waals surface area (Å²) >= 11 is 3.08. The SMILES string of the molecule is O=C(Nc1ccc(F)c(F)c1F)c1ccnc(Br)c1. The van der Waals surface area contributed by atoms with Gasteiger partial charge in [-0.05, 0) is 40.2 Å². The van der Waals surface area contributed by atoms with Crippen LogP contribution in [0.25, 0.3) is 0 Å². The predicted molar refractivity (Wildman–Crippen MR) is 66.2 cm³/mol. The van der Waals surface area contributed by atoms with Gasteiger partial charge >= 0.3 is 0 Å². The fraction of sp³-hybridized carbons (Fsp3) is 0. The van der Waals surface area contributed by atoms with Gasteiger partial charge in [0.2, 0.25) is 0 Å². The summed E-state index contributed by atoms with van der Waals surface area (Å²) in [4.78, 5) is 15.6. The maximum Gasteiger partial charge on any atom is 0.255 e. The first-order valence-electron chi connectivity index (χ1n) is 5.05. The van der Waals surface area contributed by atoms with E-state index in [1.807, 2.05) is 0 Å². The molecule has 0 fully saturated rings. The largest absolute Gasteiger partial charge is 0.319 e. The lowest BCUT2D eigenvalue weighted by atomic mass is 10.2. The molecule has 0 spiro atoms. The minimum absolute atomic E-state index is 0.200. The molecule has 0 saturated carbocycles. The van der Waals surface area contributed by atoms with Gasteiger partial charge in [-0.1, -0.05) is 0 Å². The lowest BCUT2D eigenvalue weighted by Crippen LogP contribution is -2.14. The molecule has 19 heavy (non-hydrogen) atoms. The highest BCUT2D eigenvalue weighted by molar-refractivity contribution is 9.10. The van der Waals surface area contributed by atoms with Crippen molar-refractivity contribution in [2.45, 2.75) is 0 Å². The van der Waals surface area contributed by atoms with Gasteiger partial charge in [0.15, 0.2) is 17.5 Å². The van der Waals surface area contributed by atoms with Crippen molar-refractivity contribution in [2.75, 3.05) is 5.32 Å². The maximum absolute atomic E-state index is 13.4. The Morgan fingerprint density at radius 1 is 1.16 bits per heavy atom. The number of halogens is 4. The number of anilines is 1. The standard InChI is InChI=1S/C12H6BrF3N2O/c13-9-5-6(3-4-17-9)12(19)18-8-2-1-7(14)10(15)11(8)16/h1-5H,(H,18,19). The summed E-state index contributed by atoms with van der Waals surface area (Å²) in [6, 6.07) is 4.49. The molecule has 0 unspecified atom stereocenters. The Labute approximate surface area is 114 Å². The molecule has 2 aromatic rings. The average Bonchev–Trinajstić information content (AvgIpc) is 2.39. The number of hydrogen-bond donors (Lipinski definition) is 1. The first kappa shape index (κ1) is 13.5. The Kier molecular flexibility index (Phi) is 3.84. The zero-order chi connectivity index (χ0) is 14.0. The van der Waals surface area contributed by atoms with Gasteiger partial charge in [-0.25, -0.2) is 18.2 Å². The third-order valence-electron chi connectivity index (χ3n) is 2.27. The van der Waals surface area contributed by atoms with Crippen molar-refractivity contribution < 1.29 is 18.0 Å². The zero-order valence-corrected chi connectivity index (χ0v) is 10.8. The fourth-order valence-corrected chi connectivity index (χ4v) is 1.73. The molecule has 2 rings (SSSR count). The van der Waals surface area contributed by atoms with E-state index in [-0.39, 0.29) is 5.56 Å². The van der Waals surface area contributed by atoms with Crippen LogP contribution in [0.5, 0.6) is 0 Å². The highest BCUT2D eigenvalue weighted by atomic mass is 79.9. The van der Waals surface area contributed by atoms with E-state index in [0.29, 0.717) is 4.60 Å². The van der Waals surface area contributed by atoms with Crippen LogP contribution in [-0.4, -0.2) is 10.9 Å². The molecule has 98 valence electrons. The van der Waals surface area contributed by atoms with Crippen LogP contribution >= 0.6 is 15.9 Å². The van der Waals surface area contributed by atoms with Gasteiger partial charge < -0.3 is 5.32 Å². The number of hydrogen-bond acceptors (Lipinski definition) is 2. The summed E-state index contributed by atoms with van der Waals surface area (Å²) < 4.78 is 39.5. The Morgan fingerprint density at radius 3 is 2.58 bits per heavy atom. The maximum atomic E-state index is 13.4. The number of nitrogens with zero attached hydrogens (tertiary/aromatic N) is 1. The summed E-state index contributed by atoms with van der Waals surface area (Å²) in [5, 5.41) is 2.15. The lowest BCUT2D eigenvalue weighted by Gasteiger charge is -2.07. The number of pyridine rings is 1. The molecule has 1 N–H and O–H groups in total. The Balaban J connectivity index is 2.27. The number of rotatable bonds is 2. The van der Waals surface area contributed by atoms with Crippen molar-refractivity contribution in [1.82, 2.24) is 4.98 Å². The predicted octanol–water partition coefficient (Wildman–Crippen LogP) is 3.51.